The Morgan fingerprint density at radius 1 is 1.23 bits per heavy atom. The predicted molar refractivity (Wildman–Crippen MR) is 118 cm³/mol. The van der Waals surface area contributed by atoms with Crippen LogP contribution in [0.15, 0.2) is 30.3 Å². The number of likely N-dealkylation sites (tertiary alicyclic amines) is 1. The van der Waals surface area contributed by atoms with Gasteiger partial charge in [-0.1, -0.05) is 30.3 Å². The summed E-state index contributed by atoms with van der Waals surface area (Å²) in [6.07, 6.45) is 6.49. The van der Waals surface area contributed by atoms with Crippen LogP contribution in [-0.2, 0) is 9.47 Å². The average Bonchev–Trinajstić information content (AvgIpc) is 2.79. The van der Waals surface area contributed by atoms with Crippen LogP contribution in [0.2, 0.25) is 0 Å². The highest BCUT2D eigenvalue weighted by Crippen LogP contribution is 2.36. The smallest absolute Gasteiger partial charge is 0.407 e. The van der Waals surface area contributed by atoms with E-state index in [9.17, 15) is 9.59 Å². The highest BCUT2D eigenvalue weighted by Gasteiger charge is 2.49. The first-order chi connectivity index (χ1) is 15.1. The topological polar surface area (TPSA) is 79.9 Å². The number of urea groups is 1. The highest BCUT2D eigenvalue weighted by atomic mass is 16.6. The van der Waals surface area contributed by atoms with Crippen molar-refractivity contribution in [3.8, 4) is 0 Å². The normalized spacial score (nSPS) is 31.1. The number of alkyl carbamates (subject to hydrolysis) is 1. The summed E-state index contributed by atoms with van der Waals surface area (Å²) in [5.74, 6) is 0.601. The van der Waals surface area contributed by atoms with Gasteiger partial charge in [-0.15, -0.1) is 0 Å². The lowest BCUT2D eigenvalue weighted by Gasteiger charge is -2.51. The molecule has 3 amide bonds. The molecule has 3 fully saturated rings. The largest absolute Gasteiger partial charge is 0.449 e. The first-order valence-corrected chi connectivity index (χ1v) is 11.8. The van der Waals surface area contributed by atoms with Crippen LogP contribution in [0.4, 0.5) is 9.59 Å². The van der Waals surface area contributed by atoms with Crippen LogP contribution >= 0.6 is 0 Å². The fraction of sp³-hybridized carbons (Fsp3) is 0.667. The van der Waals surface area contributed by atoms with Gasteiger partial charge in [0, 0.05) is 19.5 Å². The molecule has 1 aromatic carbocycles. The van der Waals surface area contributed by atoms with Crippen molar-refractivity contribution < 1.29 is 19.1 Å². The third-order valence-electron chi connectivity index (χ3n) is 7.19. The molecule has 0 bridgehead atoms. The van der Waals surface area contributed by atoms with E-state index in [4.69, 9.17) is 9.47 Å². The molecule has 0 aromatic heterocycles. The van der Waals surface area contributed by atoms with Gasteiger partial charge in [-0.25, -0.2) is 9.59 Å². The van der Waals surface area contributed by atoms with Crippen LogP contribution in [0.25, 0.3) is 0 Å². The molecule has 31 heavy (non-hydrogen) atoms. The zero-order valence-electron chi connectivity index (χ0n) is 18.5. The maximum Gasteiger partial charge on any atom is 0.407 e. The Bertz CT molecular complexity index is 746. The summed E-state index contributed by atoms with van der Waals surface area (Å²) in [6.45, 7) is 4.00. The monoisotopic (exact) mass is 429 g/mol. The number of ether oxygens (including phenoxy) is 2. The summed E-state index contributed by atoms with van der Waals surface area (Å²) in [4.78, 5) is 26.7. The van der Waals surface area contributed by atoms with Gasteiger partial charge in [0.25, 0.3) is 0 Å². The van der Waals surface area contributed by atoms with E-state index in [1.54, 1.807) is 0 Å². The average molecular weight is 430 g/mol. The maximum atomic E-state index is 12.8. The Hall–Kier alpha value is -2.28. The Balaban J connectivity index is 1.40. The molecule has 1 aliphatic carbocycles. The molecule has 1 spiro atoms. The number of carbonyl (C=O) groups is 2. The van der Waals surface area contributed by atoms with E-state index in [0.717, 1.165) is 38.5 Å². The highest BCUT2D eigenvalue weighted by molar-refractivity contribution is 5.75. The fourth-order valence-corrected chi connectivity index (χ4v) is 5.51. The van der Waals surface area contributed by atoms with Gasteiger partial charge >= 0.3 is 12.1 Å². The second-order valence-electron chi connectivity index (χ2n) is 9.03. The predicted octanol–water partition coefficient (Wildman–Crippen LogP) is 3.79. The Kier molecular flexibility index (Phi) is 7.00. The van der Waals surface area contributed by atoms with Crippen molar-refractivity contribution in [1.82, 2.24) is 15.5 Å². The second-order valence-corrected chi connectivity index (χ2v) is 9.03. The number of benzene rings is 1. The van der Waals surface area contributed by atoms with Gasteiger partial charge < -0.3 is 25.0 Å². The van der Waals surface area contributed by atoms with Crippen molar-refractivity contribution in [3.63, 3.8) is 0 Å². The number of rotatable bonds is 5. The minimum absolute atomic E-state index is 0.0799. The quantitative estimate of drug-likeness (QED) is 0.746. The lowest BCUT2D eigenvalue weighted by molar-refractivity contribution is -0.0525. The molecule has 4 rings (SSSR count). The number of piperidine rings is 1. The SMILES string of the molecule is CCNC(=O)N1CCC[C@@]2(CCOC(=O)N2)[C@@H]1CO[C@H]1CC[C@@H](c2ccccc2)CC1. The minimum atomic E-state index is -0.472. The van der Waals surface area contributed by atoms with Crippen molar-refractivity contribution in [1.29, 1.82) is 0 Å². The molecule has 2 atom stereocenters. The van der Waals surface area contributed by atoms with Gasteiger partial charge in [-0.05, 0) is 56.9 Å². The molecule has 2 aliphatic heterocycles. The molecule has 2 saturated heterocycles. The molecule has 1 saturated carbocycles. The van der Waals surface area contributed by atoms with Gasteiger partial charge in [-0.3, -0.25) is 0 Å². The zero-order chi connectivity index (χ0) is 21.7. The van der Waals surface area contributed by atoms with Crippen molar-refractivity contribution in [3.05, 3.63) is 35.9 Å². The molecule has 7 nitrogen and oxygen atoms in total. The number of amides is 3. The number of carbonyl (C=O) groups excluding carboxylic acids is 2. The molecule has 170 valence electrons. The second kappa shape index (κ2) is 9.90. The lowest BCUT2D eigenvalue weighted by Crippen LogP contribution is -2.70. The van der Waals surface area contributed by atoms with Crippen LogP contribution in [0.5, 0.6) is 0 Å². The van der Waals surface area contributed by atoms with Gasteiger partial charge in [-0.2, -0.15) is 0 Å². The van der Waals surface area contributed by atoms with Crippen molar-refractivity contribution in [2.75, 3.05) is 26.3 Å². The maximum absolute atomic E-state index is 12.8. The van der Waals surface area contributed by atoms with E-state index in [-0.39, 0.29) is 18.2 Å². The van der Waals surface area contributed by atoms with E-state index in [2.05, 4.69) is 41.0 Å². The molecule has 7 heteroatoms. The third kappa shape index (κ3) is 4.97. The Morgan fingerprint density at radius 2 is 2.00 bits per heavy atom. The molecular formula is C24H35N3O4. The third-order valence-corrected chi connectivity index (χ3v) is 7.19. The van der Waals surface area contributed by atoms with Crippen molar-refractivity contribution in [2.45, 2.75) is 75.5 Å². The number of nitrogens with one attached hydrogen (secondary N) is 2. The van der Waals surface area contributed by atoms with Gasteiger partial charge in [0.1, 0.15) is 0 Å². The summed E-state index contributed by atoms with van der Waals surface area (Å²) >= 11 is 0. The van der Waals surface area contributed by atoms with Gasteiger partial charge in [0.15, 0.2) is 0 Å². The van der Waals surface area contributed by atoms with E-state index >= 15 is 0 Å². The van der Waals surface area contributed by atoms with Crippen molar-refractivity contribution in [2.24, 2.45) is 0 Å². The molecule has 0 radical (unpaired) electrons. The Morgan fingerprint density at radius 3 is 2.71 bits per heavy atom. The van der Waals surface area contributed by atoms with Gasteiger partial charge in [0.05, 0.1) is 30.9 Å². The number of hydrogen-bond acceptors (Lipinski definition) is 4. The summed E-state index contributed by atoms with van der Waals surface area (Å²) in [7, 11) is 0. The van der Waals surface area contributed by atoms with E-state index < -0.39 is 11.6 Å². The molecule has 1 aromatic rings. The first kappa shape index (κ1) is 21.9. The minimum Gasteiger partial charge on any atom is -0.449 e. The lowest BCUT2D eigenvalue weighted by atomic mass is 9.78. The standard InChI is InChI=1S/C24H35N3O4/c1-2-25-22(28)27-15-6-13-24(14-16-30-23(29)26-24)21(27)17-31-20-11-9-19(10-12-20)18-7-4-3-5-8-18/h3-5,7-8,19-21H,2,6,9-17H2,1H3,(H,25,28)(H,26,29)/t19-,20+,21-,24+/m0/s1. The van der Waals surface area contributed by atoms with E-state index in [1.807, 2.05) is 11.8 Å². The summed E-state index contributed by atoms with van der Waals surface area (Å²) < 4.78 is 11.5. The summed E-state index contributed by atoms with van der Waals surface area (Å²) in [5.41, 5.74) is 0.944. The molecule has 2 N–H and O–H groups in total. The zero-order valence-corrected chi connectivity index (χ0v) is 18.5. The van der Waals surface area contributed by atoms with Crippen LogP contribution in [0, 0.1) is 0 Å². The van der Waals surface area contributed by atoms with Crippen LogP contribution in [0.1, 0.15) is 63.4 Å². The number of nitrogens with zero attached hydrogens (tertiary/aromatic N) is 1. The first-order valence-electron chi connectivity index (χ1n) is 11.8. The molecular weight excluding hydrogens is 394 g/mol. The summed E-state index contributed by atoms with van der Waals surface area (Å²) in [6, 6.07) is 10.5. The van der Waals surface area contributed by atoms with Crippen molar-refractivity contribution >= 4 is 12.1 Å². The van der Waals surface area contributed by atoms with Crippen LogP contribution in [0.3, 0.4) is 0 Å². The van der Waals surface area contributed by atoms with Crippen LogP contribution in [-0.4, -0.2) is 61.0 Å². The molecule has 0 unspecified atom stereocenters. The summed E-state index contributed by atoms with van der Waals surface area (Å²) in [5, 5.41) is 5.99. The van der Waals surface area contributed by atoms with E-state index in [0.29, 0.717) is 38.6 Å². The molecule has 3 aliphatic rings. The van der Waals surface area contributed by atoms with Crippen LogP contribution < -0.4 is 10.6 Å². The van der Waals surface area contributed by atoms with E-state index in [1.165, 1.54) is 5.56 Å². The number of hydrogen-bond donors (Lipinski definition) is 2. The Labute approximate surface area is 184 Å². The molecule has 2 heterocycles. The number of cyclic esters (lactones) is 1. The van der Waals surface area contributed by atoms with Gasteiger partial charge in [0.2, 0.25) is 0 Å². The fourth-order valence-electron chi connectivity index (χ4n) is 5.51.